The lowest BCUT2D eigenvalue weighted by Gasteiger charge is -2.20. The Morgan fingerprint density at radius 3 is 2.62 bits per heavy atom. The minimum absolute atomic E-state index is 0.0872. The first-order chi connectivity index (χ1) is 10.2. The molecule has 0 spiro atoms. The zero-order valence-corrected chi connectivity index (χ0v) is 13.0. The van der Waals surface area contributed by atoms with Gasteiger partial charge >= 0.3 is 0 Å². The normalized spacial score (nSPS) is 16.9. The van der Waals surface area contributed by atoms with Gasteiger partial charge in [-0.15, -0.1) is 0 Å². The summed E-state index contributed by atoms with van der Waals surface area (Å²) in [7, 11) is 0. The number of carbonyl (C=O) groups excluding carboxylic acids is 1. The molecule has 1 aliphatic rings. The van der Waals surface area contributed by atoms with Crippen molar-refractivity contribution < 1.29 is 4.79 Å². The highest BCUT2D eigenvalue weighted by molar-refractivity contribution is 5.78. The van der Waals surface area contributed by atoms with Gasteiger partial charge in [0.1, 0.15) is 0 Å². The van der Waals surface area contributed by atoms with E-state index < -0.39 is 0 Å². The molecule has 0 aromatic heterocycles. The van der Waals surface area contributed by atoms with E-state index in [1.54, 1.807) is 0 Å². The van der Waals surface area contributed by atoms with Crippen molar-refractivity contribution in [3.05, 3.63) is 35.4 Å². The van der Waals surface area contributed by atoms with Gasteiger partial charge in [0.15, 0.2) is 0 Å². The third kappa shape index (κ3) is 5.14. The van der Waals surface area contributed by atoms with Crippen molar-refractivity contribution in [1.82, 2.24) is 10.2 Å². The van der Waals surface area contributed by atoms with E-state index >= 15 is 0 Å². The molecule has 1 aliphatic heterocycles. The summed E-state index contributed by atoms with van der Waals surface area (Å²) in [4.78, 5) is 14.5. The highest BCUT2D eigenvalue weighted by Gasteiger charge is 2.15. The summed E-state index contributed by atoms with van der Waals surface area (Å²) in [6, 6.07) is 7.88. The number of carbonyl (C=O) groups is 1. The molecule has 0 bridgehead atoms. The van der Waals surface area contributed by atoms with E-state index in [0.29, 0.717) is 18.9 Å². The van der Waals surface area contributed by atoms with Crippen LogP contribution >= 0.6 is 0 Å². The molecule has 4 heteroatoms. The predicted molar refractivity (Wildman–Crippen MR) is 85.9 cm³/mol. The molecule has 1 heterocycles. The minimum Gasteiger partial charge on any atom is -0.355 e. The van der Waals surface area contributed by atoms with Crippen LogP contribution in [0.25, 0.3) is 0 Å². The third-order valence-corrected chi connectivity index (χ3v) is 4.11. The summed E-state index contributed by atoms with van der Waals surface area (Å²) in [6.45, 7) is 6.94. The van der Waals surface area contributed by atoms with Gasteiger partial charge in [-0.2, -0.15) is 0 Å². The Morgan fingerprint density at radius 1 is 1.29 bits per heavy atom. The highest BCUT2D eigenvalue weighted by Crippen LogP contribution is 2.10. The number of hydrogen-bond acceptors (Lipinski definition) is 3. The molecule has 1 atom stereocenters. The topological polar surface area (TPSA) is 58.4 Å². The molecule has 1 amide bonds. The zero-order valence-electron chi connectivity index (χ0n) is 13.0. The molecule has 2 rings (SSSR count). The maximum Gasteiger partial charge on any atom is 0.224 e. The van der Waals surface area contributed by atoms with Crippen molar-refractivity contribution in [2.24, 2.45) is 11.7 Å². The van der Waals surface area contributed by atoms with Crippen molar-refractivity contribution in [2.45, 2.75) is 32.7 Å². The van der Waals surface area contributed by atoms with Gasteiger partial charge in [-0.05, 0) is 43.0 Å². The molecule has 116 valence electrons. The Labute approximate surface area is 127 Å². The maximum atomic E-state index is 12.1. The van der Waals surface area contributed by atoms with Crippen molar-refractivity contribution >= 4 is 5.91 Å². The quantitative estimate of drug-likeness (QED) is 0.800. The Balaban J connectivity index is 1.73. The second-order valence-electron chi connectivity index (χ2n) is 6.07. The third-order valence-electron chi connectivity index (χ3n) is 4.11. The maximum absolute atomic E-state index is 12.1. The first-order valence-corrected chi connectivity index (χ1v) is 7.95. The van der Waals surface area contributed by atoms with Gasteiger partial charge in [-0.3, -0.25) is 4.79 Å². The first kappa shape index (κ1) is 16.0. The smallest absolute Gasteiger partial charge is 0.224 e. The van der Waals surface area contributed by atoms with E-state index in [2.05, 4.69) is 17.1 Å². The van der Waals surface area contributed by atoms with Crippen LogP contribution < -0.4 is 11.1 Å². The van der Waals surface area contributed by atoms with Crippen LogP contribution in [0.3, 0.4) is 0 Å². The van der Waals surface area contributed by atoms with Crippen LogP contribution in [0.4, 0.5) is 0 Å². The fourth-order valence-corrected chi connectivity index (χ4v) is 2.92. The summed E-state index contributed by atoms with van der Waals surface area (Å²) >= 11 is 0. The lowest BCUT2D eigenvalue weighted by Crippen LogP contribution is -2.35. The standard InChI is InChI=1S/C17H27N3O/c1-14(13-20-8-4-5-9-20)12-19-17(21)10-15-6-2-3-7-16(15)11-18/h2-3,6-7,14H,4-5,8-13,18H2,1H3,(H,19,21). The monoisotopic (exact) mass is 289 g/mol. The summed E-state index contributed by atoms with van der Waals surface area (Å²) < 4.78 is 0. The molecule has 0 saturated carbocycles. The molecule has 21 heavy (non-hydrogen) atoms. The van der Waals surface area contributed by atoms with E-state index in [0.717, 1.165) is 24.2 Å². The second-order valence-corrected chi connectivity index (χ2v) is 6.07. The fourth-order valence-electron chi connectivity index (χ4n) is 2.92. The summed E-state index contributed by atoms with van der Waals surface area (Å²) in [5.41, 5.74) is 7.79. The number of benzene rings is 1. The van der Waals surface area contributed by atoms with E-state index in [9.17, 15) is 4.79 Å². The predicted octanol–water partition coefficient (Wildman–Crippen LogP) is 1.54. The van der Waals surface area contributed by atoms with Crippen molar-refractivity contribution in [3.63, 3.8) is 0 Å². The van der Waals surface area contributed by atoms with Gasteiger partial charge in [0.25, 0.3) is 0 Å². The summed E-state index contributed by atoms with van der Waals surface area (Å²) in [6.07, 6.45) is 3.05. The van der Waals surface area contributed by atoms with Crippen molar-refractivity contribution in [1.29, 1.82) is 0 Å². The second kappa shape index (κ2) is 8.15. The molecular formula is C17H27N3O. The first-order valence-electron chi connectivity index (χ1n) is 7.95. The molecule has 1 fully saturated rings. The molecule has 0 radical (unpaired) electrons. The minimum atomic E-state index is 0.0872. The molecular weight excluding hydrogens is 262 g/mol. The van der Waals surface area contributed by atoms with Crippen molar-refractivity contribution in [3.8, 4) is 0 Å². The van der Waals surface area contributed by atoms with Crippen LogP contribution in [-0.4, -0.2) is 37.0 Å². The molecule has 4 nitrogen and oxygen atoms in total. The molecule has 1 unspecified atom stereocenters. The van der Waals surface area contributed by atoms with Crippen LogP contribution in [0.1, 0.15) is 30.9 Å². The summed E-state index contributed by atoms with van der Waals surface area (Å²) in [5.74, 6) is 0.584. The lowest BCUT2D eigenvalue weighted by molar-refractivity contribution is -0.120. The highest BCUT2D eigenvalue weighted by atomic mass is 16.1. The van der Waals surface area contributed by atoms with Gasteiger partial charge in [0, 0.05) is 19.6 Å². The Kier molecular flexibility index (Phi) is 6.21. The number of rotatable bonds is 7. The van der Waals surface area contributed by atoms with Crippen LogP contribution in [0.2, 0.25) is 0 Å². The molecule has 3 N–H and O–H groups in total. The fraction of sp³-hybridized carbons (Fsp3) is 0.588. The Bertz CT molecular complexity index is 455. The van der Waals surface area contributed by atoms with Gasteiger partial charge in [0.05, 0.1) is 6.42 Å². The summed E-state index contributed by atoms with van der Waals surface area (Å²) in [5, 5.41) is 3.05. The van der Waals surface area contributed by atoms with Crippen LogP contribution in [-0.2, 0) is 17.8 Å². The average molecular weight is 289 g/mol. The van der Waals surface area contributed by atoms with Crippen LogP contribution in [0.5, 0.6) is 0 Å². The lowest BCUT2D eigenvalue weighted by atomic mass is 10.0. The molecule has 0 aliphatic carbocycles. The van der Waals surface area contributed by atoms with Crippen molar-refractivity contribution in [2.75, 3.05) is 26.2 Å². The SMILES string of the molecule is CC(CNC(=O)Cc1ccccc1CN)CN1CCCC1. The zero-order chi connectivity index (χ0) is 15.1. The average Bonchev–Trinajstić information content (AvgIpc) is 2.98. The largest absolute Gasteiger partial charge is 0.355 e. The van der Waals surface area contributed by atoms with E-state index in [4.69, 9.17) is 5.73 Å². The van der Waals surface area contributed by atoms with Crippen LogP contribution in [0, 0.1) is 5.92 Å². The number of nitrogens with zero attached hydrogens (tertiary/aromatic N) is 1. The number of nitrogens with one attached hydrogen (secondary N) is 1. The van der Waals surface area contributed by atoms with Gasteiger partial charge < -0.3 is 16.0 Å². The number of amides is 1. The van der Waals surface area contributed by atoms with E-state index in [1.165, 1.54) is 25.9 Å². The number of likely N-dealkylation sites (tertiary alicyclic amines) is 1. The van der Waals surface area contributed by atoms with Gasteiger partial charge in [0.2, 0.25) is 5.91 Å². The Morgan fingerprint density at radius 2 is 1.95 bits per heavy atom. The molecule has 1 saturated heterocycles. The van der Waals surface area contributed by atoms with Gasteiger partial charge in [-0.1, -0.05) is 31.2 Å². The van der Waals surface area contributed by atoms with Gasteiger partial charge in [-0.25, -0.2) is 0 Å². The Hall–Kier alpha value is -1.39. The van der Waals surface area contributed by atoms with E-state index in [1.807, 2.05) is 24.3 Å². The number of nitrogens with two attached hydrogens (primary N) is 1. The van der Waals surface area contributed by atoms with E-state index in [-0.39, 0.29) is 5.91 Å². The molecule has 1 aromatic rings. The van der Waals surface area contributed by atoms with Crippen LogP contribution in [0.15, 0.2) is 24.3 Å². The number of hydrogen-bond donors (Lipinski definition) is 2. The molecule has 1 aromatic carbocycles.